The predicted molar refractivity (Wildman–Crippen MR) is 85.8 cm³/mol. The van der Waals surface area contributed by atoms with Gasteiger partial charge in [-0.2, -0.15) is 0 Å². The Labute approximate surface area is 124 Å². The van der Waals surface area contributed by atoms with Gasteiger partial charge in [0.15, 0.2) is 0 Å². The van der Waals surface area contributed by atoms with Gasteiger partial charge in [0.25, 0.3) is 0 Å². The number of nitrogens with zero attached hydrogens (tertiary/aromatic N) is 3. The first-order valence-electron chi connectivity index (χ1n) is 7.33. The van der Waals surface area contributed by atoms with Gasteiger partial charge in [-0.15, -0.1) is 0 Å². The molecule has 0 spiro atoms. The number of anilines is 2. The van der Waals surface area contributed by atoms with E-state index >= 15 is 0 Å². The fraction of sp³-hybridized carbons (Fsp3) is 0.235. The van der Waals surface area contributed by atoms with Crippen LogP contribution in [0.25, 0.3) is 5.65 Å². The van der Waals surface area contributed by atoms with Crippen LogP contribution in [-0.2, 0) is 6.54 Å². The molecule has 4 heteroatoms. The van der Waals surface area contributed by atoms with Crippen LogP contribution in [-0.4, -0.2) is 22.0 Å². The molecule has 0 amide bonds. The molecule has 106 valence electrons. The first kappa shape index (κ1) is 12.3. The predicted octanol–water partition coefficient (Wildman–Crippen LogP) is 3.15. The van der Waals surface area contributed by atoms with Gasteiger partial charge in [-0.05, 0) is 31.2 Å². The van der Waals surface area contributed by atoms with Gasteiger partial charge in [0.1, 0.15) is 5.65 Å². The first-order chi connectivity index (χ1) is 10.3. The van der Waals surface area contributed by atoms with Crippen molar-refractivity contribution in [3.8, 4) is 0 Å². The lowest BCUT2D eigenvalue weighted by Gasteiger charge is -2.37. The summed E-state index contributed by atoms with van der Waals surface area (Å²) in [5.74, 6) is 0. The van der Waals surface area contributed by atoms with E-state index in [2.05, 4.69) is 52.0 Å². The lowest BCUT2D eigenvalue weighted by atomic mass is 10.1. The van der Waals surface area contributed by atoms with E-state index in [0.29, 0.717) is 6.04 Å². The lowest BCUT2D eigenvalue weighted by Crippen LogP contribution is -2.41. The highest BCUT2D eigenvalue weighted by Crippen LogP contribution is 2.32. The molecule has 0 saturated carbocycles. The third-order valence-corrected chi connectivity index (χ3v) is 4.08. The molecule has 3 heterocycles. The Hall–Kier alpha value is -2.49. The second-order valence-corrected chi connectivity index (χ2v) is 5.57. The molecule has 1 unspecified atom stereocenters. The average Bonchev–Trinajstić information content (AvgIpc) is 2.92. The molecule has 0 fully saturated rings. The minimum Gasteiger partial charge on any atom is -0.381 e. The van der Waals surface area contributed by atoms with Crippen molar-refractivity contribution in [3.63, 3.8) is 0 Å². The largest absolute Gasteiger partial charge is 0.381 e. The second kappa shape index (κ2) is 4.81. The van der Waals surface area contributed by atoms with Crippen LogP contribution in [0, 0.1) is 0 Å². The van der Waals surface area contributed by atoms with Gasteiger partial charge in [0.05, 0.1) is 23.6 Å². The highest BCUT2D eigenvalue weighted by Gasteiger charge is 2.23. The molecule has 1 aliphatic heterocycles. The van der Waals surface area contributed by atoms with Crippen LogP contribution in [0.15, 0.2) is 54.9 Å². The summed E-state index contributed by atoms with van der Waals surface area (Å²) in [4.78, 5) is 7.14. The molecule has 2 aromatic heterocycles. The number of rotatable bonds is 2. The molecule has 4 rings (SSSR count). The van der Waals surface area contributed by atoms with Crippen LogP contribution in [0.4, 0.5) is 11.4 Å². The molecule has 1 aliphatic rings. The van der Waals surface area contributed by atoms with Gasteiger partial charge in [-0.3, -0.25) is 0 Å². The number of benzene rings is 1. The van der Waals surface area contributed by atoms with Crippen molar-refractivity contribution in [1.29, 1.82) is 0 Å². The molecular weight excluding hydrogens is 260 g/mol. The minimum absolute atomic E-state index is 0.449. The molecule has 1 aromatic carbocycles. The third kappa shape index (κ3) is 2.13. The van der Waals surface area contributed by atoms with Gasteiger partial charge in [-0.25, -0.2) is 4.98 Å². The number of pyridine rings is 1. The fourth-order valence-electron chi connectivity index (χ4n) is 2.96. The Morgan fingerprint density at radius 1 is 1.19 bits per heavy atom. The van der Waals surface area contributed by atoms with Crippen molar-refractivity contribution < 1.29 is 0 Å². The SMILES string of the molecule is CC1CNc2ccccc2N1Cc1cn2ccccc2n1. The number of nitrogens with one attached hydrogen (secondary N) is 1. The summed E-state index contributed by atoms with van der Waals surface area (Å²) >= 11 is 0. The van der Waals surface area contributed by atoms with Crippen molar-refractivity contribution in [3.05, 3.63) is 60.6 Å². The maximum atomic E-state index is 4.72. The van der Waals surface area contributed by atoms with Gasteiger partial charge in [0.2, 0.25) is 0 Å². The summed E-state index contributed by atoms with van der Waals surface area (Å²) < 4.78 is 2.08. The van der Waals surface area contributed by atoms with Crippen LogP contribution in [0.1, 0.15) is 12.6 Å². The molecule has 1 N–H and O–H groups in total. The summed E-state index contributed by atoms with van der Waals surface area (Å²) in [7, 11) is 0. The van der Waals surface area contributed by atoms with Crippen LogP contribution < -0.4 is 10.2 Å². The summed E-state index contributed by atoms with van der Waals surface area (Å²) in [6.45, 7) is 4.05. The summed E-state index contributed by atoms with van der Waals surface area (Å²) in [5, 5.41) is 3.49. The van der Waals surface area contributed by atoms with Crippen LogP contribution in [0.3, 0.4) is 0 Å². The van der Waals surface area contributed by atoms with Crippen LogP contribution in [0.5, 0.6) is 0 Å². The molecule has 21 heavy (non-hydrogen) atoms. The maximum absolute atomic E-state index is 4.72. The smallest absolute Gasteiger partial charge is 0.137 e. The van der Waals surface area contributed by atoms with Crippen LogP contribution >= 0.6 is 0 Å². The van der Waals surface area contributed by atoms with Gasteiger partial charge in [-0.1, -0.05) is 18.2 Å². The van der Waals surface area contributed by atoms with E-state index in [-0.39, 0.29) is 0 Å². The van der Waals surface area contributed by atoms with Crippen molar-refractivity contribution in [2.45, 2.75) is 19.5 Å². The topological polar surface area (TPSA) is 32.6 Å². The molecule has 0 bridgehead atoms. The van der Waals surface area contributed by atoms with Crippen molar-refractivity contribution >= 4 is 17.0 Å². The second-order valence-electron chi connectivity index (χ2n) is 5.57. The van der Waals surface area contributed by atoms with Gasteiger partial charge < -0.3 is 14.6 Å². The highest BCUT2D eigenvalue weighted by molar-refractivity contribution is 5.72. The Morgan fingerprint density at radius 2 is 2.05 bits per heavy atom. The van der Waals surface area contributed by atoms with E-state index in [1.165, 1.54) is 11.4 Å². The summed E-state index contributed by atoms with van der Waals surface area (Å²) in [6, 6.07) is 15.0. The molecule has 0 aliphatic carbocycles. The number of fused-ring (bicyclic) bond motifs is 2. The lowest BCUT2D eigenvalue weighted by molar-refractivity contribution is 0.636. The zero-order chi connectivity index (χ0) is 14.2. The average molecular weight is 278 g/mol. The first-order valence-corrected chi connectivity index (χ1v) is 7.33. The molecule has 0 saturated heterocycles. The van der Waals surface area contributed by atoms with Gasteiger partial charge in [0, 0.05) is 25.0 Å². The fourth-order valence-corrected chi connectivity index (χ4v) is 2.96. The summed E-state index contributed by atoms with van der Waals surface area (Å²) in [5.41, 5.74) is 4.57. The molecule has 1 atom stereocenters. The molecule has 0 radical (unpaired) electrons. The quantitative estimate of drug-likeness (QED) is 0.781. The highest BCUT2D eigenvalue weighted by atomic mass is 15.2. The normalized spacial score (nSPS) is 17.6. The van der Waals surface area contributed by atoms with E-state index in [4.69, 9.17) is 4.98 Å². The number of hydrogen-bond acceptors (Lipinski definition) is 3. The molecular formula is C17H18N4. The van der Waals surface area contributed by atoms with Crippen molar-refractivity contribution in [2.75, 3.05) is 16.8 Å². The molecule has 3 aromatic rings. The van der Waals surface area contributed by atoms with E-state index < -0.39 is 0 Å². The summed E-state index contributed by atoms with van der Waals surface area (Å²) in [6.07, 6.45) is 4.16. The third-order valence-electron chi connectivity index (χ3n) is 4.08. The number of para-hydroxylation sites is 2. The van der Waals surface area contributed by atoms with E-state index in [1.807, 2.05) is 24.4 Å². The van der Waals surface area contributed by atoms with E-state index in [9.17, 15) is 0 Å². The van der Waals surface area contributed by atoms with Gasteiger partial charge >= 0.3 is 0 Å². The standard InChI is InChI=1S/C17H18N4/c1-13-10-18-15-6-2-3-7-16(15)21(13)12-14-11-20-9-5-4-8-17(20)19-14/h2-9,11,13,18H,10,12H2,1H3. The molecule has 4 nitrogen and oxygen atoms in total. The number of hydrogen-bond donors (Lipinski definition) is 1. The maximum Gasteiger partial charge on any atom is 0.137 e. The Morgan fingerprint density at radius 3 is 2.95 bits per heavy atom. The van der Waals surface area contributed by atoms with Crippen molar-refractivity contribution in [1.82, 2.24) is 9.38 Å². The number of aromatic nitrogens is 2. The minimum atomic E-state index is 0.449. The van der Waals surface area contributed by atoms with E-state index in [0.717, 1.165) is 24.4 Å². The zero-order valence-corrected chi connectivity index (χ0v) is 12.0. The zero-order valence-electron chi connectivity index (χ0n) is 12.0. The van der Waals surface area contributed by atoms with Crippen molar-refractivity contribution in [2.24, 2.45) is 0 Å². The Kier molecular flexibility index (Phi) is 2.81. The Bertz CT molecular complexity index is 744. The van der Waals surface area contributed by atoms with Crippen LogP contribution in [0.2, 0.25) is 0 Å². The number of imidazole rings is 1. The van der Waals surface area contributed by atoms with E-state index in [1.54, 1.807) is 0 Å². The monoisotopic (exact) mass is 278 g/mol. The Balaban J connectivity index is 1.69.